The first kappa shape index (κ1) is 20.0. The zero-order valence-corrected chi connectivity index (χ0v) is 16.4. The van der Waals surface area contributed by atoms with Gasteiger partial charge in [-0.3, -0.25) is 4.79 Å². The number of hydrogen-bond donors (Lipinski definition) is 2. The van der Waals surface area contributed by atoms with Crippen molar-refractivity contribution in [3.8, 4) is 17.5 Å². The van der Waals surface area contributed by atoms with Crippen molar-refractivity contribution >= 4 is 17.4 Å². The van der Waals surface area contributed by atoms with E-state index in [1.807, 2.05) is 44.4 Å². The van der Waals surface area contributed by atoms with Crippen LogP contribution in [0.2, 0.25) is 0 Å². The third-order valence-corrected chi connectivity index (χ3v) is 4.13. The highest BCUT2D eigenvalue weighted by Crippen LogP contribution is 2.19. The smallest absolute Gasteiger partial charge is 0.274 e. The van der Waals surface area contributed by atoms with E-state index in [9.17, 15) is 4.79 Å². The molecule has 0 spiro atoms. The van der Waals surface area contributed by atoms with Crippen LogP contribution >= 0.6 is 0 Å². The Labute approximate surface area is 170 Å². The van der Waals surface area contributed by atoms with Crippen molar-refractivity contribution in [2.45, 2.75) is 0 Å². The quantitative estimate of drug-likeness (QED) is 0.647. The summed E-state index contributed by atoms with van der Waals surface area (Å²) in [4.78, 5) is 23.9. The molecule has 1 heterocycles. The van der Waals surface area contributed by atoms with Crippen molar-refractivity contribution in [2.24, 2.45) is 0 Å². The molecule has 1 amide bonds. The SMILES string of the molecule is CN(C)CCNc1cc(C(=O)Nc2ccc(C#N)cc2)nc(-c2ccccc2)n1. The zero-order chi connectivity index (χ0) is 20.6. The second kappa shape index (κ2) is 9.44. The minimum atomic E-state index is -0.343. The molecule has 0 aliphatic carbocycles. The molecule has 7 heteroatoms. The van der Waals surface area contributed by atoms with E-state index in [4.69, 9.17) is 5.26 Å². The second-order valence-corrected chi connectivity index (χ2v) is 6.70. The summed E-state index contributed by atoms with van der Waals surface area (Å²) < 4.78 is 0. The third kappa shape index (κ3) is 5.61. The molecule has 0 atom stereocenters. The van der Waals surface area contributed by atoms with E-state index in [-0.39, 0.29) is 11.6 Å². The zero-order valence-electron chi connectivity index (χ0n) is 16.4. The van der Waals surface area contributed by atoms with Gasteiger partial charge in [0, 0.05) is 30.4 Å². The van der Waals surface area contributed by atoms with Gasteiger partial charge in [-0.05, 0) is 38.4 Å². The summed E-state index contributed by atoms with van der Waals surface area (Å²) in [6.45, 7) is 1.52. The fourth-order valence-electron chi connectivity index (χ4n) is 2.60. The maximum atomic E-state index is 12.8. The van der Waals surface area contributed by atoms with E-state index >= 15 is 0 Å². The number of rotatable bonds is 7. The van der Waals surface area contributed by atoms with E-state index in [0.717, 1.165) is 12.1 Å². The summed E-state index contributed by atoms with van der Waals surface area (Å²) in [6.07, 6.45) is 0. The molecule has 7 nitrogen and oxygen atoms in total. The molecule has 1 aromatic heterocycles. The number of nitriles is 1. The lowest BCUT2D eigenvalue weighted by Gasteiger charge is -2.13. The van der Waals surface area contributed by atoms with Gasteiger partial charge in [0.1, 0.15) is 11.5 Å². The minimum absolute atomic E-state index is 0.260. The molecule has 0 bridgehead atoms. The van der Waals surface area contributed by atoms with Crippen LogP contribution in [0.25, 0.3) is 11.4 Å². The lowest BCUT2D eigenvalue weighted by atomic mass is 10.2. The molecule has 2 N–H and O–H groups in total. The Balaban J connectivity index is 1.86. The Morgan fingerprint density at radius 3 is 2.45 bits per heavy atom. The molecule has 29 heavy (non-hydrogen) atoms. The topological polar surface area (TPSA) is 93.9 Å². The predicted octanol–water partition coefficient (Wildman–Crippen LogP) is 3.24. The van der Waals surface area contributed by atoms with E-state index in [1.54, 1.807) is 30.3 Å². The summed E-state index contributed by atoms with van der Waals surface area (Å²) in [7, 11) is 3.99. The second-order valence-electron chi connectivity index (χ2n) is 6.70. The fraction of sp³-hybridized carbons (Fsp3) is 0.182. The molecule has 2 aromatic carbocycles. The number of anilines is 2. The number of nitrogens with zero attached hydrogens (tertiary/aromatic N) is 4. The largest absolute Gasteiger partial charge is 0.369 e. The number of carbonyl (C=O) groups is 1. The van der Waals surface area contributed by atoms with Gasteiger partial charge in [-0.2, -0.15) is 5.26 Å². The predicted molar refractivity (Wildman–Crippen MR) is 114 cm³/mol. The van der Waals surface area contributed by atoms with Crippen molar-refractivity contribution < 1.29 is 4.79 Å². The first-order valence-electron chi connectivity index (χ1n) is 9.20. The van der Waals surface area contributed by atoms with E-state index < -0.39 is 0 Å². The lowest BCUT2D eigenvalue weighted by Crippen LogP contribution is -2.22. The maximum absolute atomic E-state index is 12.8. The molecular formula is C22H22N6O. The Bertz CT molecular complexity index is 1010. The van der Waals surface area contributed by atoms with Crippen LogP contribution in [0.3, 0.4) is 0 Å². The summed E-state index contributed by atoms with van der Waals surface area (Å²) in [5.41, 5.74) is 2.21. The van der Waals surface area contributed by atoms with Gasteiger partial charge < -0.3 is 15.5 Å². The first-order chi connectivity index (χ1) is 14.0. The number of likely N-dealkylation sites (N-methyl/N-ethyl adjacent to an activating group) is 1. The Morgan fingerprint density at radius 1 is 1.07 bits per heavy atom. The van der Waals surface area contributed by atoms with Crippen LogP contribution in [-0.4, -0.2) is 48.0 Å². The van der Waals surface area contributed by atoms with Gasteiger partial charge in [0.25, 0.3) is 5.91 Å². The average Bonchev–Trinajstić information content (AvgIpc) is 2.74. The summed E-state index contributed by atoms with van der Waals surface area (Å²) in [6, 6.07) is 19.9. The van der Waals surface area contributed by atoms with Crippen molar-refractivity contribution in [3.05, 3.63) is 71.9 Å². The van der Waals surface area contributed by atoms with Crippen LogP contribution in [0.15, 0.2) is 60.7 Å². The van der Waals surface area contributed by atoms with Crippen LogP contribution in [0.5, 0.6) is 0 Å². The molecule has 0 aliphatic rings. The van der Waals surface area contributed by atoms with Crippen molar-refractivity contribution in [3.63, 3.8) is 0 Å². The highest BCUT2D eigenvalue weighted by Gasteiger charge is 2.13. The number of nitrogens with one attached hydrogen (secondary N) is 2. The normalized spacial score (nSPS) is 10.4. The lowest BCUT2D eigenvalue weighted by molar-refractivity contribution is 0.102. The van der Waals surface area contributed by atoms with E-state index in [1.165, 1.54) is 0 Å². The number of carbonyl (C=O) groups excluding carboxylic acids is 1. The van der Waals surface area contributed by atoms with Gasteiger partial charge in [-0.1, -0.05) is 30.3 Å². The number of amides is 1. The fourth-order valence-corrected chi connectivity index (χ4v) is 2.60. The van der Waals surface area contributed by atoms with Crippen molar-refractivity contribution in [1.29, 1.82) is 5.26 Å². The number of aromatic nitrogens is 2. The van der Waals surface area contributed by atoms with Gasteiger partial charge in [-0.25, -0.2) is 9.97 Å². The molecule has 0 aliphatic heterocycles. The van der Waals surface area contributed by atoms with Gasteiger partial charge in [0.05, 0.1) is 11.6 Å². The maximum Gasteiger partial charge on any atom is 0.274 e. The van der Waals surface area contributed by atoms with Crippen LogP contribution in [0.1, 0.15) is 16.1 Å². The highest BCUT2D eigenvalue weighted by atomic mass is 16.1. The summed E-state index contributed by atoms with van der Waals surface area (Å²) in [5, 5.41) is 15.0. The standard InChI is InChI=1S/C22H22N6O/c1-28(2)13-12-24-20-14-19(26-21(27-20)17-6-4-3-5-7-17)22(29)25-18-10-8-16(15-23)9-11-18/h3-11,14H,12-13H2,1-2H3,(H,25,29)(H,24,26,27). The van der Waals surface area contributed by atoms with Crippen molar-refractivity contribution in [1.82, 2.24) is 14.9 Å². The Hall–Kier alpha value is -3.76. The first-order valence-corrected chi connectivity index (χ1v) is 9.20. The summed E-state index contributed by atoms with van der Waals surface area (Å²) in [5.74, 6) is 0.723. The number of benzene rings is 2. The van der Waals surface area contributed by atoms with Crippen LogP contribution < -0.4 is 10.6 Å². The van der Waals surface area contributed by atoms with E-state index in [0.29, 0.717) is 29.4 Å². The Morgan fingerprint density at radius 2 is 1.79 bits per heavy atom. The van der Waals surface area contributed by atoms with Gasteiger partial charge in [0.15, 0.2) is 5.82 Å². The molecule has 0 saturated heterocycles. The average molecular weight is 386 g/mol. The molecule has 3 rings (SSSR count). The van der Waals surface area contributed by atoms with Crippen LogP contribution in [0.4, 0.5) is 11.5 Å². The van der Waals surface area contributed by atoms with Gasteiger partial charge >= 0.3 is 0 Å². The third-order valence-electron chi connectivity index (χ3n) is 4.13. The molecular weight excluding hydrogens is 364 g/mol. The molecule has 0 unspecified atom stereocenters. The highest BCUT2D eigenvalue weighted by molar-refractivity contribution is 6.03. The molecule has 0 radical (unpaired) electrons. The minimum Gasteiger partial charge on any atom is -0.369 e. The Kier molecular flexibility index (Phi) is 6.51. The molecule has 3 aromatic rings. The van der Waals surface area contributed by atoms with Crippen LogP contribution in [-0.2, 0) is 0 Å². The van der Waals surface area contributed by atoms with Gasteiger partial charge in [-0.15, -0.1) is 0 Å². The van der Waals surface area contributed by atoms with Crippen molar-refractivity contribution in [2.75, 3.05) is 37.8 Å². The number of hydrogen-bond acceptors (Lipinski definition) is 6. The van der Waals surface area contributed by atoms with Gasteiger partial charge in [0.2, 0.25) is 0 Å². The monoisotopic (exact) mass is 386 g/mol. The molecule has 0 fully saturated rings. The molecule has 0 saturated carbocycles. The van der Waals surface area contributed by atoms with E-state index in [2.05, 4.69) is 31.6 Å². The van der Waals surface area contributed by atoms with Crippen LogP contribution in [0, 0.1) is 11.3 Å². The molecule has 146 valence electrons. The summed E-state index contributed by atoms with van der Waals surface area (Å²) >= 11 is 0.